The van der Waals surface area contributed by atoms with Crippen LogP contribution < -0.4 is 4.74 Å². The number of esters is 1. The Morgan fingerprint density at radius 3 is 1.60 bits per heavy atom. The number of imide groups is 2. The number of ether oxygens (including phenoxy) is 2. The van der Waals surface area contributed by atoms with E-state index in [0.717, 1.165) is 17.0 Å². The van der Waals surface area contributed by atoms with E-state index < -0.39 is 105 Å². The van der Waals surface area contributed by atoms with Gasteiger partial charge in [0.05, 0.1) is 75.1 Å². The maximum Gasteiger partial charge on any atom is 0.341 e. The molecule has 0 aliphatic carbocycles. The molecule has 4 aliphatic rings. The number of nitrogens with zero attached hydrogens (tertiary/aromatic N) is 4. The molecule has 77 heavy (non-hydrogen) atoms. The van der Waals surface area contributed by atoms with Gasteiger partial charge < -0.3 is 44.7 Å². The Bertz CT molecular complexity index is 3630. The number of nitrogens with one attached hydrogen (secondary N) is 2. The number of carboxylic acids is 4. The van der Waals surface area contributed by atoms with Gasteiger partial charge in [-0.05, 0) is 73.0 Å². The highest BCUT2D eigenvalue weighted by atomic mass is 16.7. The fourth-order valence-electron chi connectivity index (χ4n) is 10.1. The second-order valence-electron chi connectivity index (χ2n) is 20.0. The molecule has 9 rings (SSSR count). The first-order chi connectivity index (χ1) is 36.3. The van der Waals surface area contributed by atoms with Gasteiger partial charge in [-0.1, -0.05) is 27.7 Å². The first-order valence-electron chi connectivity index (χ1n) is 24.1. The van der Waals surface area contributed by atoms with Crippen molar-refractivity contribution < 1.29 is 82.7 Å². The zero-order chi connectivity index (χ0) is 55.7. The van der Waals surface area contributed by atoms with Crippen LogP contribution in [-0.2, 0) is 47.6 Å². The minimum Gasteiger partial charge on any atom is -0.493 e. The third-order valence-corrected chi connectivity index (χ3v) is 13.8. The number of rotatable bonds is 14. The molecule has 0 atom stereocenters. The number of aromatic amines is 2. The molecular formula is C54H48N6O17. The zero-order valence-electron chi connectivity index (χ0n) is 42.2. The molecule has 2 aromatic carbocycles. The van der Waals surface area contributed by atoms with Crippen molar-refractivity contribution in [1.82, 2.24) is 29.9 Å². The lowest BCUT2D eigenvalue weighted by Gasteiger charge is -2.26. The summed E-state index contributed by atoms with van der Waals surface area (Å²) in [6.07, 6.45) is -0.957. The summed E-state index contributed by atoms with van der Waals surface area (Å²) in [4.78, 5) is 155. The monoisotopic (exact) mass is 1050 g/mol. The molecule has 0 saturated carbocycles. The first kappa shape index (κ1) is 52.3. The maximum absolute atomic E-state index is 15.2. The highest BCUT2D eigenvalue weighted by Crippen LogP contribution is 2.45. The summed E-state index contributed by atoms with van der Waals surface area (Å²) >= 11 is 0. The van der Waals surface area contributed by atoms with Crippen LogP contribution in [0.3, 0.4) is 0 Å². The Morgan fingerprint density at radius 1 is 0.623 bits per heavy atom. The maximum atomic E-state index is 15.2. The standard InChI is InChI=1S/C54H48N6O17/c1-7-76-52(74)42-39(24-15-27(50(70)71)18-28(16-24)51(72)73)30-20-33-53(2,3)21-31(55-33)40-43-41(47(65)59(46(40)64)12-8-9-37(63)77-60-35(61)10-11-36(60)62)38(23-13-25(48(66)67)17-26(14-23)49(68)69)29(57-43)19-34-54(4,5)22-32(56-34)45(75-6)44(42)58-30/h13-20,57-58H,7-12,21-22H2,1-6H3,(H,66,67)(H,68,69)(H,70,71)(H,72,73). The van der Waals surface area contributed by atoms with Crippen LogP contribution in [0.25, 0.3) is 44.3 Å². The van der Waals surface area contributed by atoms with Crippen molar-refractivity contribution in [1.29, 1.82) is 0 Å². The Hall–Kier alpha value is -9.54. The fraction of sp³-hybridized carbons (Fsp3) is 0.296. The summed E-state index contributed by atoms with van der Waals surface area (Å²) in [5.41, 5.74) is -3.31. The van der Waals surface area contributed by atoms with Gasteiger partial charge in [0.25, 0.3) is 23.6 Å². The number of methoxy groups -OCH3 is 1. The fourth-order valence-corrected chi connectivity index (χ4v) is 10.1. The number of fused-ring (bicyclic) bond motifs is 8. The number of carboxylic acid groups (broad SMARTS) is 4. The Morgan fingerprint density at radius 2 is 1.09 bits per heavy atom. The minimum atomic E-state index is -1.49. The molecule has 6 N–H and O–H groups in total. The van der Waals surface area contributed by atoms with Crippen molar-refractivity contribution in [2.24, 2.45) is 0 Å². The lowest BCUT2D eigenvalue weighted by Crippen LogP contribution is -2.41. The molecule has 396 valence electrons. The van der Waals surface area contributed by atoms with E-state index in [-0.39, 0.29) is 123 Å². The van der Waals surface area contributed by atoms with Crippen LogP contribution >= 0.6 is 0 Å². The zero-order valence-corrected chi connectivity index (χ0v) is 42.2. The van der Waals surface area contributed by atoms with Gasteiger partial charge in [-0.3, -0.25) is 34.0 Å². The topological polar surface area (TPSA) is 343 Å². The Kier molecular flexibility index (Phi) is 13.1. The van der Waals surface area contributed by atoms with Crippen molar-refractivity contribution in [3.8, 4) is 28.0 Å². The van der Waals surface area contributed by atoms with E-state index in [4.69, 9.17) is 24.3 Å². The molecule has 8 bridgehead atoms. The molecule has 4 amide bonds. The number of carbonyl (C=O) groups excluding carboxylic acids is 6. The second kappa shape index (κ2) is 19.3. The van der Waals surface area contributed by atoms with Crippen molar-refractivity contribution in [3.05, 3.63) is 110 Å². The van der Waals surface area contributed by atoms with E-state index in [9.17, 15) is 58.8 Å². The number of carbonyl (C=O) groups is 10. The summed E-state index contributed by atoms with van der Waals surface area (Å²) in [6, 6.07) is 9.77. The summed E-state index contributed by atoms with van der Waals surface area (Å²) in [6.45, 7) is 8.21. The minimum absolute atomic E-state index is 0.00323. The van der Waals surface area contributed by atoms with Crippen LogP contribution in [0.5, 0.6) is 5.75 Å². The molecule has 0 spiro atoms. The van der Waals surface area contributed by atoms with Gasteiger partial charge in [0.1, 0.15) is 0 Å². The van der Waals surface area contributed by atoms with Gasteiger partial charge in [-0.15, -0.1) is 5.06 Å². The van der Waals surface area contributed by atoms with Crippen molar-refractivity contribution in [2.75, 3.05) is 20.3 Å². The quantitative estimate of drug-likeness (QED) is 0.0500. The van der Waals surface area contributed by atoms with E-state index >= 15 is 9.59 Å². The van der Waals surface area contributed by atoms with Crippen LogP contribution in [0.2, 0.25) is 0 Å². The molecule has 7 heterocycles. The largest absolute Gasteiger partial charge is 0.493 e. The van der Waals surface area contributed by atoms with Crippen molar-refractivity contribution in [2.45, 2.75) is 84.0 Å². The molecule has 4 aliphatic heterocycles. The molecule has 23 heteroatoms. The molecular weight excluding hydrogens is 1000 g/mol. The summed E-state index contributed by atoms with van der Waals surface area (Å²) in [5.74, 6) is -11.1. The van der Waals surface area contributed by atoms with Crippen molar-refractivity contribution >= 4 is 81.5 Å². The molecule has 23 nitrogen and oxygen atoms in total. The van der Waals surface area contributed by atoms with E-state index in [0.29, 0.717) is 10.8 Å². The Balaban J connectivity index is 1.42. The molecule has 3 aromatic heterocycles. The summed E-state index contributed by atoms with van der Waals surface area (Å²) < 4.78 is 11.7. The molecule has 0 radical (unpaired) electrons. The smallest absolute Gasteiger partial charge is 0.341 e. The van der Waals surface area contributed by atoms with Crippen LogP contribution in [0.1, 0.15) is 156 Å². The lowest BCUT2D eigenvalue weighted by atomic mass is 9.85. The van der Waals surface area contributed by atoms with Crippen molar-refractivity contribution in [3.63, 3.8) is 0 Å². The van der Waals surface area contributed by atoms with E-state index in [1.807, 2.05) is 13.8 Å². The summed E-state index contributed by atoms with van der Waals surface area (Å²) in [7, 11) is 1.33. The lowest BCUT2D eigenvalue weighted by molar-refractivity contribution is -0.197. The van der Waals surface area contributed by atoms with Gasteiger partial charge in [-0.2, -0.15) is 0 Å². The third-order valence-electron chi connectivity index (χ3n) is 13.8. The molecule has 1 saturated heterocycles. The number of H-pyrrole nitrogens is 2. The van der Waals surface area contributed by atoms with Gasteiger partial charge in [-0.25, -0.2) is 28.8 Å². The van der Waals surface area contributed by atoms with Crippen LogP contribution in [0, 0.1) is 0 Å². The highest BCUT2D eigenvalue weighted by Gasteiger charge is 2.42. The van der Waals surface area contributed by atoms with Crippen LogP contribution in [-0.4, -0.2) is 130 Å². The predicted octanol–water partition coefficient (Wildman–Crippen LogP) is 6.65. The average molecular weight is 1050 g/mol. The van der Waals surface area contributed by atoms with E-state index in [1.54, 1.807) is 32.9 Å². The first-order valence-corrected chi connectivity index (χ1v) is 24.1. The molecule has 0 unspecified atom stereocenters. The van der Waals surface area contributed by atoms with Gasteiger partial charge in [0.2, 0.25) is 0 Å². The number of hydrogen-bond acceptors (Lipinski definition) is 15. The second-order valence-corrected chi connectivity index (χ2v) is 20.0. The number of hydroxylamine groups is 2. The number of hydrogen-bond donors (Lipinski definition) is 6. The Labute approximate surface area is 435 Å². The molecule has 5 aromatic rings. The van der Waals surface area contributed by atoms with E-state index in [1.165, 1.54) is 31.4 Å². The number of benzene rings is 2. The van der Waals surface area contributed by atoms with Gasteiger partial charge in [0.15, 0.2) is 5.75 Å². The highest BCUT2D eigenvalue weighted by molar-refractivity contribution is 6.26. The average Bonchev–Trinajstić information content (AvgIpc) is 4.37. The normalized spacial score (nSPS) is 15.4. The third kappa shape index (κ3) is 9.28. The van der Waals surface area contributed by atoms with Crippen LogP contribution in [0.4, 0.5) is 0 Å². The number of aromatic nitrogens is 4. The van der Waals surface area contributed by atoms with Gasteiger partial charge >= 0.3 is 35.8 Å². The predicted molar refractivity (Wildman–Crippen MR) is 267 cm³/mol. The van der Waals surface area contributed by atoms with Crippen LogP contribution in [0.15, 0.2) is 48.5 Å². The number of aromatic carboxylic acids is 4. The SMILES string of the molecule is CCOC(=O)c1c(-c2cc(C(=O)O)cc(C(=O)O)c2)c2cc3nc(c4c5[nH]c(cc6nc(c(OC)c1[nH]2)CC6(C)C)c(-c1cc(C(=O)O)cc(C(=O)O)c1)c5C(=O)N(CCCC(=O)ON1C(=O)CCC1=O)C4=O)CC3(C)C. The summed E-state index contributed by atoms with van der Waals surface area (Å²) in [5, 5.41) is 41.2. The molecule has 1 fully saturated rings. The van der Waals surface area contributed by atoms with Gasteiger partial charge in [0, 0.05) is 83.0 Å². The van der Waals surface area contributed by atoms with E-state index in [2.05, 4.69) is 9.97 Å². The number of amides is 4.